The maximum Gasteiger partial charge on any atom is 0.441 e. The minimum Gasteiger partial charge on any atom is -0.435 e. The van der Waals surface area contributed by atoms with Crippen LogP contribution in [0.25, 0.3) is 46.8 Å². The van der Waals surface area contributed by atoms with E-state index in [0.29, 0.717) is 11.0 Å². The molecule has 0 aliphatic rings. The van der Waals surface area contributed by atoms with E-state index in [9.17, 15) is 10.0 Å². The molecule has 4 nitrogen and oxygen atoms in total. The van der Waals surface area contributed by atoms with Gasteiger partial charge in [0.15, 0.2) is 0 Å². The van der Waals surface area contributed by atoms with E-state index in [4.69, 9.17) is 0 Å². The smallest absolute Gasteiger partial charge is 0.435 e. The molecule has 0 spiro atoms. The van der Waals surface area contributed by atoms with Crippen molar-refractivity contribution in [2.45, 2.75) is 6.92 Å². The van der Waals surface area contributed by atoms with Gasteiger partial charge in [0.25, 0.3) is 0 Å². The number of fused-ring (bicyclic) bond motifs is 1. The van der Waals surface area contributed by atoms with Crippen molar-refractivity contribution in [1.29, 1.82) is 0 Å². The highest BCUT2D eigenvalue weighted by Gasteiger charge is 2.22. The second kappa shape index (κ2) is 7.74. The molecule has 0 unspecified atom stereocenters. The molecule has 0 aliphatic heterocycles. The minimum absolute atomic E-state index is 0.639. The number of allylic oxidation sites excluding steroid dienone is 2. The number of para-hydroxylation sites is 1. The Morgan fingerprint density at radius 3 is 2.19 bits per heavy atom. The summed E-state index contributed by atoms with van der Waals surface area (Å²) in [7, 11) is 2.02. The molecular formula is C21H20B2N2O2. The van der Waals surface area contributed by atoms with Crippen molar-refractivity contribution in [2.24, 2.45) is 0 Å². The highest BCUT2D eigenvalue weighted by atomic mass is 16.2. The number of benzene rings is 1. The maximum absolute atomic E-state index is 9.84. The average Bonchev–Trinajstić information content (AvgIpc) is 3.16. The third kappa shape index (κ3) is 2.83. The molecule has 0 amide bonds. The zero-order chi connectivity index (χ0) is 19.6. The fourth-order valence-corrected chi connectivity index (χ4v) is 3.52. The highest BCUT2D eigenvalue weighted by Crippen LogP contribution is 2.35. The van der Waals surface area contributed by atoms with Crippen LogP contribution in [0.1, 0.15) is 18.3 Å². The molecular weight excluding hydrogens is 334 g/mol. The fourth-order valence-electron chi connectivity index (χ4n) is 3.52. The van der Waals surface area contributed by atoms with Gasteiger partial charge in [-0.2, -0.15) is 0 Å². The summed E-state index contributed by atoms with van der Waals surface area (Å²) in [5.74, 6) is 0. The lowest BCUT2D eigenvalue weighted by Gasteiger charge is -2.07. The molecule has 1 aromatic carbocycles. The number of rotatable bonds is 6. The SMILES string of the molecule is C=Cc1c(-c2c(C=C)n([B]O)c3ccccc23)/c(=C/C=C\C)c(=C)n1[B]O. The van der Waals surface area contributed by atoms with Crippen molar-refractivity contribution in [1.82, 2.24) is 8.96 Å². The van der Waals surface area contributed by atoms with Crippen molar-refractivity contribution in [3.05, 3.63) is 71.5 Å². The van der Waals surface area contributed by atoms with Crippen LogP contribution in [0.5, 0.6) is 0 Å². The molecule has 3 rings (SSSR count). The second-order valence-electron chi connectivity index (χ2n) is 5.97. The third-order valence-corrected chi connectivity index (χ3v) is 4.66. The Morgan fingerprint density at radius 2 is 1.59 bits per heavy atom. The molecule has 2 N–H and O–H groups in total. The summed E-state index contributed by atoms with van der Waals surface area (Å²) in [6, 6.07) is 7.79. The summed E-state index contributed by atoms with van der Waals surface area (Å²) >= 11 is 0. The predicted octanol–water partition coefficient (Wildman–Crippen LogP) is 1.91. The summed E-state index contributed by atoms with van der Waals surface area (Å²) in [6.07, 6.45) is 9.19. The van der Waals surface area contributed by atoms with E-state index in [1.807, 2.05) is 49.4 Å². The first kappa shape index (κ1) is 18.8. The van der Waals surface area contributed by atoms with Gasteiger partial charge in [-0.15, -0.1) is 0 Å². The number of aromatic nitrogens is 2. The molecule has 2 heterocycles. The normalized spacial score (nSPS) is 12.0. The van der Waals surface area contributed by atoms with Crippen molar-refractivity contribution in [2.75, 3.05) is 0 Å². The van der Waals surface area contributed by atoms with Crippen LogP contribution >= 0.6 is 0 Å². The van der Waals surface area contributed by atoms with E-state index in [0.717, 1.165) is 48.2 Å². The fraction of sp³-hybridized carbons (Fsp3) is 0.0476. The first-order chi connectivity index (χ1) is 13.1. The Balaban J connectivity index is 2.62. The summed E-state index contributed by atoms with van der Waals surface area (Å²) in [6.45, 7) is 13.9. The molecule has 0 bridgehead atoms. The standard InChI is InChI=1S/C21H20B2N2O2/c1-5-8-11-15-14(4)24(22-26)17(6-2)20(15)21-16-12-9-10-13-19(16)25(23-27)18(21)7-3/h5-13,26-27H,2-4H2,1H3/b8-5-,15-11+. The van der Waals surface area contributed by atoms with Crippen LogP contribution in [-0.2, 0) is 0 Å². The summed E-state index contributed by atoms with van der Waals surface area (Å²) in [5.41, 5.74) is 4.06. The van der Waals surface area contributed by atoms with Gasteiger partial charge in [0.05, 0.1) is 0 Å². The van der Waals surface area contributed by atoms with Crippen LogP contribution in [0.4, 0.5) is 0 Å². The van der Waals surface area contributed by atoms with Crippen LogP contribution in [0.15, 0.2) is 49.6 Å². The molecule has 0 saturated carbocycles. The van der Waals surface area contributed by atoms with E-state index < -0.39 is 0 Å². The van der Waals surface area contributed by atoms with Crippen LogP contribution < -0.4 is 10.6 Å². The predicted molar refractivity (Wildman–Crippen MR) is 116 cm³/mol. The van der Waals surface area contributed by atoms with Gasteiger partial charge in [-0.05, 0) is 25.1 Å². The largest absolute Gasteiger partial charge is 0.441 e. The van der Waals surface area contributed by atoms with E-state index in [1.165, 1.54) is 0 Å². The van der Waals surface area contributed by atoms with E-state index in [2.05, 4.69) is 19.7 Å². The summed E-state index contributed by atoms with van der Waals surface area (Å²) in [5, 5.41) is 22.1. The van der Waals surface area contributed by atoms with E-state index in [1.54, 1.807) is 21.1 Å². The molecule has 0 atom stereocenters. The van der Waals surface area contributed by atoms with E-state index >= 15 is 0 Å². The molecule has 6 heteroatoms. The zero-order valence-electron chi connectivity index (χ0n) is 15.3. The van der Waals surface area contributed by atoms with Crippen LogP contribution in [-0.4, -0.2) is 34.2 Å². The van der Waals surface area contributed by atoms with Crippen molar-refractivity contribution in [3.63, 3.8) is 0 Å². The second-order valence-corrected chi connectivity index (χ2v) is 5.97. The molecule has 0 fully saturated rings. The quantitative estimate of drug-likeness (QED) is 0.665. The number of hydrogen-bond acceptors (Lipinski definition) is 2. The average molecular weight is 354 g/mol. The summed E-state index contributed by atoms with van der Waals surface area (Å²) in [4.78, 5) is 0. The molecule has 2 radical (unpaired) electrons. The molecule has 132 valence electrons. The van der Waals surface area contributed by atoms with Gasteiger partial charge in [0.2, 0.25) is 0 Å². The van der Waals surface area contributed by atoms with Gasteiger partial charge in [0.1, 0.15) is 0 Å². The molecule has 27 heavy (non-hydrogen) atoms. The molecule has 0 aliphatic carbocycles. The van der Waals surface area contributed by atoms with Gasteiger partial charge in [-0.1, -0.05) is 56.2 Å². The topological polar surface area (TPSA) is 50.3 Å². The van der Waals surface area contributed by atoms with Crippen molar-refractivity contribution >= 4 is 50.9 Å². The first-order valence-electron chi connectivity index (χ1n) is 8.53. The molecule has 0 saturated heterocycles. The minimum atomic E-state index is 0.639. The van der Waals surface area contributed by atoms with Gasteiger partial charge < -0.3 is 19.0 Å². The highest BCUT2D eigenvalue weighted by molar-refractivity contribution is 6.29. The van der Waals surface area contributed by atoms with Gasteiger partial charge in [0, 0.05) is 44.0 Å². The Kier molecular flexibility index (Phi) is 5.40. The van der Waals surface area contributed by atoms with Gasteiger partial charge in [-0.3, -0.25) is 0 Å². The lowest BCUT2D eigenvalue weighted by Crippen LogP contribution is -2.30. The van der Waals surface area contributed by atoms with Crippen LogP contribution in [0.2, 0.25) is 0 Å². The van der Waals surface area contributed by atoms with Crippen molar-refractivity contribution < 1.29 is 10.0 Å². The lowest BCUT2D eigenvalue weighted by molar-refractivity contribution is 0.586. The monoisotopic (exact) mass is 354 g/mol. The zero-order valence-corrected chi connectivity index (χ0v) is 15.3. The third-order valence-electron chi connectivity index (χ3n) is 4.66. The van der Waals surface area contributed by atoms with Gasteiger partial charge in [-0.25, -0.2) is 0 Å². The number of nitrogens with zero attached hydrogens (tertiary/aromatic N) is 2. The van der Waals surface area contributed by atoms with E-state index in [-0.39, 0.29) is 0 Å². The van der Waals surface area contributed by atoms with Crippen molar-refractivity contribution in [3.8, 4) is 11.1 Å². The first-order valence-corrected chi connectivity index (χ1v) is 8.53. The molecule has 2 aromatic heterocycles. The Labute approximate surface area is 160 Å². The number of hydrogen-bond donors (Lipinski definition) is 2. The van der Waals surface area contributed by atoms with Crippen LogP contribution in [0, 0.1) is 0 Å². The lowest BCUT2D eigenvalue weighted by atomic mass is 9.99. The Hall–Kier alpha value is -2.95. The Bertz CT molecular complexity index is 1170. The van der Waals surface area contributed by atoms with Gasteiger partial charge >= 0.3 is 15.2 Å². The summed E-state index contributed by atoms with van der Waals surface area (Å²) < 4.78 is 3.28. The van der Waals surface area contributed by atoms with Crippen LogP contribution in [0.3, 0.4) is 0 Å². The maximum atomic E-state index is 9.84. The molecule has 3 aromatic rings. The Morgan fingerprint density at radius 1 is 0.963 bits per heavy atom.